The van der Waals surface area contributed by atoms with Gasteiger partial charge < -0.3 is 19.6 Å². The molecule has 2 atom stereocenters. The molecule has 192 valence electrons. The maximum Gasteiger partial charge on any atom is 0.410 e. The molecule has 1 aromatic rings. The SMILES string of the molecule is O=C(O)C1CC1C(=O)N1Cc2ccccc2C2(CCN(C(=O)OC3C4CC5CC(C4)CC3C5)CC2)C1. The Morgan fingerprint density at radius 2 is 1.53 bits per heavy atom. The molecule has 1 saturated heterocycles. The minimum Gasteiger partial charge on any atom is -0.481 e. The zero-order valence-corrected chi connectivity index (χ0v) is 20.8. The quantitative estimate of drug-likeness (QED) is 0.688. The summed E-state index contributed by atoms with van der Waals surface area (Å²) in [5.41, 5.74) is 2.24. The summed E-state index contributed by atoms with van der Waals surface area (Å²) in [6.45, 7) is 2.40. The van der Waals surface area contributed by atoms with Gasteiger partial charge in [-0.3, -0.25) is 9.59 Å². The smallest absolute Gasteiger partial charge is 0.410 e. The Morgan fingerprint density at radius 1 is 0.861 bits per heavy atom. The summed E-state index contributed by atoms with van der Waals surface area (Å²) in [7, 11) is 0. The second-order valence-corrected chi connectivity index (χ2v) is 12.7. The maximum atomic E-state index is 13.3. The third-order valence-corrected chi connectivity index (χ3v) is 10.5. The van der Waals surface area contributed by atoms with E-state index in [-0.39, 0.29) is 29.4 Å². The molecule has 2 unspecified atom stereocenters. The highest BCUT2D eigenvalue weighted by Gasteiger charge is 2.53. The van der Waals surface area contributed by atoms with Crippen LogP contribution in [-0.4, -0.2) is 58.6 Å². The normalized spacial score (nSPS) is 37.5. The van der Waals surface area contributed by atoms with Gasteiger partial charge >= 0.3 is 12.1 Å². The first-order valence-corrected chi connectivity index (χ1v) is 14.0. The molecule has 8 rings (SSSR count). The minimum absolute atomic E-state index is 0.0278. The van der Waals surface area contributed by atoms with E-state index in [0.29, 0.717) is 44.4 Å². The predicted molar refractivity (Wildman–Crippen MR) is 131 cm³/mol. The van der Waals surface area contributed by atoms with E-state index >= 15 is 0 Å². The molecule has 2 amide bonds. The highest BCUT2D eigenvalue weighted by Crippen LogP contribution is 2.55. The lowest BCUT2D eigenvalue weighted by Crippen LogP contribution is -2.55. The largest absolute Gasteiger partial charge is 0.481 e. The average Bonchev–Trinajstić information content (AvgIpc) is 3.67. The van der Waals surface area contributed by atoms with Crippen molar-refractivity contribution in [3.05, 3.63) is 35.4 Å². The van der Waals surface area contributed by atoms with Gasteiger partial charge in [-0.25, -0.2) is 4.79 Å². The van der Waals surface area contributed by atoms with Crippen molar-refractivity contribution in [1.29, 1.82) is 0 Å². The van der Waals surface area contributed by atoms with Gasteiger partial charge in [0, 0.05) is 31.6 Å². The third kappa shape index (κ3) is 3.64. The molecular formula is C29H36N2O5. The van der Waals surface area contributed by atoms with Crippen molar-refractivity contribution in [3.8, 4) is 0 Å². The number of amides is 2. The second-order valence-electron chi connectivity index (χ2n) is 12.7. The van der Waals surface area contributed by atoms with Gasteiger partial charge in [0.2, 0.25) is 5.91 Å². The van der Waals surface area contributed by atoms with Crippen LogP contribution in [0.1, 0.15) is 62.5 Å². The number of likely N-dealkylation sites (tertiary alicyclic amines) is 1. The first-order chi connectivity index (χ1) is 17.4. The number of piperidine rings is 1. The molecule has 2 heterocycles. The number of carbonyl (C=O) groups is 3. The molecule has 5 saturated carbocycles. The van der Waals surface area contributed by atoms with Crippen LogP contribution in [-0.2, 0) is 26.3 Å². The fraction of sp³-hybridized carbons (Fsp3) is 0.690. The molecule has 1 aromatic carbocycles. The minimum atomic E-state index is -0.869. The highest BCUT2D eigenvalue weighted by atomic mass is 16.6. The molecule has 6 fully saturated rings. The first kappa shape index (κ1) is 22.6. The highest BCUT2D eigenvalue weighted by molar-refractivity contribution is 5.89. The molecule has 1 spiro atoms. The van der Waals surface area contributed by atoms with E-state index in [2.05, 4.69) is 18.2 Å². The van der Waals surface area contributed by atoms with E-state index in [1.165, 1.54) is 37.7 Å². The zero-order chi connectivity index (χ0) is 24.6. The Hall–Kier alpha value is -2.57. The number of hydrogen-bond donors (Lipinski definition) is 1. The molecule has 0 aromatic heterocycles. The van der Waals surface area contributed by atoms with Crippen LogP contribution in [0, 0.1) is 35.5 Å². The van der Waals surface area contributed by atoms with Crippen LogP contribution in [0.4, 0.5) is 4.79 Å². The molecular weight excluding hydrogens is 456 g/mol. The number of aliphatic carboxylic acids is 1. The number of fused-ring (bicyclic) bond motifs is 2. The van der Waals surface area contributed by atoms with E-state index in [0.717, 1.165) is 30.2 Å². The van der Waals surface area contributed by atoms with Gasteiger partial charge in [0.05, 0.1) is 11.8 Å². The second kappa shape index (κ2) is 8.22. The predicted octanol–water partition coefficient (Wildman–Crippen LogP) is 4.04. The number of carbonyl (C=O) groups excluding carboxylic acids is 2. The molecule has 4 bridgehead atoms. The first-order valence-electron chi connectivity index (χ1n) is 14.0. The molecule has 7 aliphatic rings. The van der Waals surface area contributed by atoms with Gasteiger partial charge in [-0.05, 0) is 86.2 Å². The molecule has 2 aliphatic heterocycles. The Bertz CT molecular complexity index is 1060. The molecule has 7 nitrogen and oxygen atoms in total. The third-order valence-electron chi connectivity index (χ3n) is 10.5. The van der Waals surface area contributed by atoms with Crippen molar-refractivity contribution in [1.82, 2.24) is 9.80 Å². The van der Waals surface area contributed by atoms with E-state index in [4.69, 9.17) is 4.74 Å². The summed E-state index contributed by atoms with van der Waals surface area (Å²) < 4.78 is 6.21. The summed E-state index contributed by atoms with van der Waals surface area (Å²) in [5, 5.41) is 9.32. The van der Waals surface area contributed by atoms with Gasteiger partial charge in [-0.15, -0.1) is 0 Å². The molecule has 1 N–H and O–H groups in total. The molecule has 0 radical (unpaired) electrons. The van der Waals surface area contributed by atoms with Crippen LogP contribution in [0.15, 0.2) is 24.3 Å². The lowest BCUT2D eigenvalue weighted by Gasteiger charge is -2.54. The molecule has 5 aliphatic carbocycles. The Kier molecular flexibility index (Phi) is 5.16. The van der Waals surface area contributed by atoms with Crippen molar-refractivity contribution in [2.45, 2.75) is 69.4 Å². The van der Waals surface area contributed by atoms with Crippen molar-refractivity contribution in [3.63, 3.8) is 0 Å². The Balaban J connectivity index is 1.04. The summed E-state index contributed by atoms with van der Waals surface area (Å²) in [6.07, 6.45) is 8.31. The number of ether oxygens (including phenoxy) is 1. The lowest BCUT2D eigenvalue weighted by molar-refractivity contribution is -0.142. The summed E-state index contributed by atoms with van der Waals surface area (Å²) in [4.78, 5) is 41.6. The number of nitrogens with zero attached hydrogens (tertiary/aromatic N) is 2. The Labute approximate surface area is 212 Å². The van der Waals surface area contributed by atoms with Crippen LogP contribution in [0.3, 0.4) is 0 Å². The van der Waals surface area contributed by atoms with Gasteiger partial charge in [-0.2, -0.15) is 0 Å². The number of benzene rings is 1. The van der Waals surface area contributed by atoms with E-state index in [1.54, 1.807) is 0 Å². The summed E-state index contributed by atoms with van der Waals surface area (Å²) in [6, 6.07) is 8.34. The number of rotatable bonds is 3. The topological polar surface area (TPSA) is 87.2 Å². The van der Waals surface area contributed by atoms with E-state index in [1.807, 2.05) is 15.9 Å². The van der Waals surface area contributed by atoms with Crippen molar-refractivity contribution in [2.75, 3.05) is 19.6 Å². The van der Waals surface area contributed by atoms with Crippen molar-refractivity contribution < 1.29 is 24.2 Å². The number of hydrogen-bond acceptors (Lipinski definition) is 4. The van der Waals surface area contributed by atoms with Crippen molar-refractivity contribution >= 4 is 18.0 Å². The van der Waals surface area contributed by atoms with Gasteiger partial charge in [0.25, 0.3) is 0 Å². The molecule has 7 heteroatoms. The Morgan fingerprint density at radius 3 is 2.17 bits per heavy atom. The lowest BCUT2D eigenvalue weighted by atomic mass is 9.55. The number of carboxylic acids is 1. The maximum absolute atomic E-state index is 13.3. The molecule has 36 heavy (non-hydrogen) atoms. The fourth-order valence-corrected chi connectivity index (χ4v) is 8.82. The summed E-state index contributed by atoms with van der Waals surface area (Å²) >= 11 is 0. The van der Waals surface area contributed by atoms with E-state index in [9.17, 15) is 19.5 Å². The van der Waals surface area contributed by atoms with Crippen LogP contribution in [0.5, 0.6) is 0 Å². The van der Waals surface area contributed by atoms with Crippen molar-refractivity contribution in [2.24, 2.45) is 35.5 Å². The van der Waals surface area contributed by atoms with Crippen LogP contribution in [0.25, 0.3) is 0 Å². The van der Waals surface area contributed by atoms with E-state index < -0.39 is 11.9 Å². The standard InChI is InChI=1S/C29H36N2O5/c32-26(22-14-23(22)27(33)34)31-15-19-3-1-2-4-24(19)29(16-31)5-7-30(8-6-29)28(35)36-25-20-10-17-9-18(12-20)13-21(25)11-17/h1-4,17-18,20-23,25H,5-16H2,(H,33,34). The average molecular weight is 493 g/mol. The summed E-state index contributed by atoms with van der Waals surface area (Å²) in [5.74, 6) is 1.01. The van der Waals surface area contributed by atoms with Gasteiger partial charge in [-0.1, -0.05) is 24.3 Å². The van der Waals surface area contributed by atoms with Crippen LogP contribution in [0.2, 0.25) is 0 Å². The van der Waals surface area contributed by atoms with Crippen LogP contribution < -0.4 is 0 Å². The fourth-order valence-electron chi connectivity index (χ4n) is 8.82. The number of carboxylic acid groups (broad SMARTS) is 1. The van der Waals surface area contributed by atoms with Crippen LogP contribution >= 0.6 is 0 Å². The zero-order valence-electron chi connectivity index (χ0n) is 20.8. The van der Waals surface area contributed by atoms with Gasteiger partial charge in [0.15, 0.2) is 0 Å². The van der Waals surface area contributed by atoms with Gasteiger partial charge in [0.1, 0.15) is 6.10 Å². The monoisotopic (exact) mass is 492 g/mol.